The maximum absolute atomic E-state index is 13.6. The first-order chi connectivity index (χ1) is 10.9. The van der Waals surface area contributed by atoms with Crippen LogP contribution in [0.1, 0.15) is 42.5 Å². The van der Waals surface area contributed by atoms with Crippen LogP contribution >= 0.6 is 15.9 Å². The molecule has 3 N–H and O–H groups in total. The first kappa shape index (κ1) is 15.6. The Kier molecular flexibility index (Phi) is 3.86. The Balaban J connectivity index is 2.26. The lowest BCUT2D eigenvalue weighted by atomic mass is 9.82. The van der Waals surface area contributed by atoms with Gasteiger partial charge in [-0.1, -0.05) is 19.9 Å². The second kappa shape index (κ2) is 5.70. The van der Waals surface area contributed by atoms with Gasteiger partial charge in [0, 0.05) is 5.69 Å². The molecule has 0 saturated carbocycles. The van der Waals surface area contributed by atoms with Crippen molar-refractivity contribution in [2.75, 3.05) is 0 Å². The van der Waals surface area contributed by atoms with Gasteiger partial charge in [0.25, 0.3) is 0 Å². The van der Waals surface area contributed by atoms with Gasteiger partial charge in [-0.15, -0.1) is 5.10 Å². The predicted octanol–water partition coefficient (Wildman–Crippen LogP) is 3.65. The summed E-state index contributed by atoms with van der Waals surface area (Å²) in [5.41, 5.74) is 8.55. The Morgan fingerprint density at radius 2 is 2.22 bits per heavy atom. The minimum absolute atomic E-state index is 0.0206. The van der Waals surface area contributed by atoms with Gasteiger partial charge in [-0.3, -0.25) is 5.10 Å². The molecule has 1 aromatic carbocycles. The summed E-state index contributed by atoms with van der Waals surface area (Å²) in [6, 6.07) is 6.76. The van der Waals surface area contributed by atoms with E-state index in [-0.39, 0.29) is 17.6 Å². The van der Waals surface area contributed by atoms with Crippen molar-refractivity contribution in [1.82, 2.24) is 10.2 Å². The Morgan fingerprint density at radius 3 is 2.83 bits per heavy atom. The lowest BCUT2D eigenvalue weighted by Gasteiger charge is -2.25. The van der Waals surface area contributed by atoms with Crippen molar-refractivity contribution < 1.29 is 9.13 Å². The summed E-state index contributed by atoms with van der Waals surface area (Å²) in [6.07, 6.45) is 0. The zero-order valence-electron chi connectivity index (χ0n) is 12.5. The fourth-order valence-corrected chi connectivity index (χ4v) is 3.13. The van der Waals surface area contributed by atoms with Crippen molar-refractivity contribution in [3.8, 4) is 11.9 Å². The monoisotopic (exact) mass is 376 g/mol. The molecule has 2 heterocycles. The zero-order valence-corrected chi connectivity index (χ0v) is 14.1. The molecule has 0 radical (unpaired) electrons. The van der Waals surface area contributed by atoms with E-state index in [9.17, 15) is 9.65 Å². The molecule has 0 amide bonds. The first-order valence-electron chi connectivity index (χ1n) is 7.04. The van der Waals surface area contributed by atoms with Crippen LogP contribution in [0.25, 0.3) is 0 Å². The molecule has 2 aromatic rings. The van der Waals surface area contributed by atoms with Crippen LogP contribution in [0.5, 0.6) is 5.88 Å². The van der Waals surface area contributed by atoms with Crippen LogP contribution in [0.2, 0.25) is 0 Å². The van der Waals surface area contributed by atoms with E-state index in [1.54, 1.807) is 12.1 Å². The molecule has 1 aliphatic rings. The molecular formula is C16H14BrFN4O. The van der Waals surface area contributed by atoms with E-state index in [0.717, 1.165) is 16.8 Å². The van der Waals surface area contributed by atoms with Gasteiger partial charge in [-0.2, -0.15) is 5.26 Å². The summed E-state index contributed by atoms with van der Waals surface area (Å²) < 4.78 is 19.4. The molecule has 3 rings (SSSR count). The van der Waals surface area contributed by atoms with Crippen molar-refractivity contribution >= 4 is 15.9 Å². The Morgan fingerprint density at radius 1 is 1.48 bits per heavy atom. The van der Waals surface area contributed by atoms with Gasteiger partial charge in [0.1, 0.15) is 17.5 Å². The predicted molar refractivity (Wildman–Crippen MR) is 86.1 cm³/mol. The number of aromatic amines is 1. The van der Waals surface area contributed by atoms with E-state index in [0.29, 0.717) is 15.9 Å². The highest BCUT2D eigenvalue weighted by molar-refractivity contribution is 9.10. The number of aromatic nitrogens is 2. The maximum atomic E-state index is 13.6. The quantitative estimate of drug-likeness (QED) is 0.836. The summed E-state index contributed by atoms with van der Waals surface area (Å²) in [5, 5.41) is 16.6. The normalized spacial score (nSPS) is 17.0. The van der Waals surface area contributed by atoms with Crippen molar-refractivity contribution in [3.05, 3.63) is 56.8 Å². The number of nitriles is 1. The number of nitrogens with two attached hydrogens (primary N) is 1. The standard InChI is InChI=1S/C16H14BrFN4O/c1-7(2)14-13-12(8-3-4-11(18)10(17)5-8)9(6-19)15(20)23-16(13)22-21-14/h3-5,7,12H,20H2,1-2H3,(H,21,22). The first-order valence-corrected chi connectivity index (χ1v) is 7.84. The van der Waals surface area contributed by atoms with Gasteiger partial charge < -0.3 is 10.5 Å². The van der Waals surface area contributed by atoms with Crippen molar-refractivity contribution in [3.63, 3.8) is 0 Å². The highest BCUT2D eigenvalue weighted by Crippen LogP contribution is 2.44. The molecule has 1 atom stereocenters. The van der Waals surface area contributed by atoms with Crippen molar-refractivity contribution in [2.45, 2.75) is 25.7 Å². The minimum atomic E-state index is -0.447. The highest BCUT2D eigenvalue weighted by atomic mass is 79.9. The molecule has 7 heteroatoms. The summed E-state index contributed by atoms with van der Waals surface area (Å²) >= 11 is 3.19. The Bertz CT molecular complexity index is 850. The van der Waals surface area contributed by atoms with Gasteiger partial charge in [-0.25, -0.2) is 4.39 Å². The second-order valence-electron chi connectivity index (χ2n) is 5.61. The van der Waals surface area contributed by atoms with E-state index in [2.05, 4.69) is 32.2 Å². The Labute approximate surface area is 141 Å². The zero-order chi connectivity index (χ0) is 16.7. The number of ether oxygens (including phenoxy) is 1. The minimum Gasteiger partial charge on any atom is -0.420 e. The fourth-order valence-electron chi connectivity index (χ4n) is 2.73. The number of benzene rings is 1. The summed E-state index contributed by atoms with van der Waals surface area (Å²) in [7, 11) is 0. The lowest BCUT2D eigenvalue weighted by Crippen LogP contribution is -2.21. The SMILES string of the molecule is CC(C)c1[nH]nc2c1C(c1ccc(F)c(Br)c1)C(C#N)=C(N)O2. The number of nitrogens with one attached hydrogen (secondary N) is 1. The van der Waals surface area contributed by atoms with Crippen LogP contribution in [0.4, 0.5) is 4.39 Å². The van der Waals surface area contributed by atoms with Gasteiger partial charge >= 0.3 is 0 Å². The summed E-state index contributed by atoms with van der Waals surface area (Å²) in [4.78, 5) is 0. The van der Waals surface area contributed by atoms with E-state index < -0.39 is 5.92 Å². The third-order valence-electron chi connectivity index (χ3n) is 3.82. The molecule has 0 bridgehead atoms. The molecule has 5 nitrogen and oxygen atoms in total. The second-order valence-corrected chi connectivity index (χ2v) is 6.46. The average Bonchev–Trinajstić information content (AvgIpc) is 2.92. The molecule has 0 fully saturated rings. The van der Waals surface area contributed by atoms with Crippen LogP contribution in [-0.4, -0.2) is 10.2 Å². The molecule has 0 saturated heterocycles. The van der Waals surface area contributed by atoms with Crippen LogP contribution < -0.4 is 10.5 Å². The lowest BCUT2D eigenvalue weighted by molar-refractivity contribution is 0.378. The smallest absolute Gasteiger partial charge is 0.244 e. The number of hydrogen-bond acceptors (Lipinski definition) is 4. The van der Waals surface area contributed by atoms with Crippen LogP contribution in [0, 0.1) is 17.1 Å². The van der Waals surface area contributed by atoms with E-state index in [1.165, 1.54) is 6.07 Å². The molecule has 1 aliphatic heterocycles. The molecular weight excluding hydrogens is 363 g/mol. The van der Waals surface area contributed by atoms with E-state index >= 15 is 0 Å². The number of hydrogen-bond donors (Lipinski definition) is 2. The van der Waals surface area contributed by atoms with Gasteiger partial charge in [0.2, 0.25) is 11.8 Å². The van der Waals surface area contributed by atoms with E-state index in [4.69, 9.17) is 10.5 Å². The number of fused-ring (bicyclic) bond motifs is 1. The maximum Gasteiger partial charge on any atom is 0.244 e. The third kappa shape index (κ3) is 2.49. The molecule has 118 valence electrons. The van der Waals surface area contributed by atoms with Crippen LogP contribution in [0.15, 0.2) is 34.1 Å². The topological polar surface area (TPSA) is 87.7 Å². The van der Waals surface area contributed by atoms with Crippen molar-refractivity contribution in [2.24, 2.45) is 5.73 Å². The number of rotatable bonds is 2. The number of H-pyrrole nitrogens is 1. The fraction of sp³-hybridized carbons (Fsp3) is 0.250. The van der Waals surface area contributed by atoms with Crippen LogP contribution in [-0.2, 0) is 0 Å². The van der Waals surface area contributed by atoms with Gasteiger partial charge in [0.15, 0.2) is 0 Å². The van der Waals surface area contributed by atoms with Crippen LogP contribution in [0.3, 0.4) is 0 Å². The molecule has 1 unspecified atom stereocenters. The number of allylic oxidation sites excluding steroid dienone is 1. The number of nitrogens with zero attached hydrogens (tertiary/aromatic N) is 2. The molecule has 0 aliphatic carbocycles. The van der Waals surface area contributed by atoms with Crippen molar-refractivity contribution in [1.29, 1.82) is 5.26 Å². The molecule has 0 spiro atoms. The summed E-state index contributed by atoms with van der Waals surface area (Å²) in [5.74, 6) is -0.284. The number of halogens is 2. The largest absolute Gasteiger partial charge is 0.420 e. The molecule has 23 heavy (non-hydrogen) atoms. The third-order valence-corrected chi connectivity index (χ3v) is 4.43. The highest BCUT2D eigenvalue weighted by Gasteiger charge is 2.35. The summed E-state index contributed by atoms with van der Waals surface area (Å²) in [6.45, 7) is 4.03. The van der Waals surface area contributed by atoms with E-state index in [1.807, 2.05) is 13.8 Å². The molecule has 1 aromatic heterocycles. The average molecular weight is 377 g/mol. The van der Waals surface area contributed by atoms with Gasteiger partial charge in [-0.05, 0) is 39.5 Å². The van der Waals surface area contributed by atoms with Gasteiger partial charge in [0.05, 0.1) is 16.0 Å². The Hall–Kier alpha value is -2.33.